The molecule has 0 radical (unpaired) electrons. The van der Waals surface area contributed by atoms with Crippen molar-refractivity contribution in [3.63, 3.8) is 0 Å². The lowest BCUT2D eigenvalue weighted by Gasteiger charge is -2.27. The molecule has 3 N–H and O–H groups in total. The summed E-state index contributed by atoms with van der Waals surface area (Å²) in [6.45, 7) is 5.48. The zero-order valence-electron chi connectivity index (χ0n) is 15.1. The van der Waals surface area contributed by atoms with Gasteiger partial charge < -0.3 is 11.1 Å². The Balaban J connectivity index is 0.00000338. The molecule has 1 amide bonds. The van der Waals surface area contributed by atoms with Gasteiger partial charge in [-0.2, -0.15) is 0 Å². The van der Waals surface area contributed by atoms with Gasteiger partial charge in [0.25, 0.3) is 0 Å². The van der Waals surface area contributed by atoms with Crippen molar-refractivity contribution in [2.45, 2.75) is 32.9 Å². The van der Waals surface area contributed by atoms with Crippen LogP contribution in [-0.4, -0.2) is 5.91 Å². The van der Waals surface area contributed by atoms with Gasteiger partial charge in [-0.25, -0.2) is 8.78 Å². The van der Waals surface area contributed by atoms with E-state index in [1.807, 2.05) is 44.2 Å². The van der Waals surface area contributed by atoms with Crippen LogP contribution in [0.1, 0.15) is 44.0 Å². The Hall–Kier alpha value is -1.98. The van der Waals surface area contributed by atoms with Gasteiger partial charge in [0.1, 0.15) is 11.6 Å². The van der Waals surface area contributed by atoms with E-state index >= 15 is 0 Å². The minimum atomic E-state index is -0.668. The second-order valence-corrected chi connectivity index (χ2v) is 6.62. The second kappa shape index (κ2) is 9.64. The summed E-state index contributed by atoms with van der Waals surface area (Å²) in [5.41, 5.74) is 7.32. The van der Waals surface area contributed by atoms with Crippen LogP contribution in [0, 0.1) is 23.5 Å². The lowest BCUT2D eigenvalue weighted by Crippen LogP contribution is -2.39. The third-order valence-corrected chi connectivity index (χ3v) is 4.40. The van der Waals surface area contributed by atoms with Crippen LogP contribution in [0.4, 0.5) is 8.78 Å². The normalized spacial score (nSPS) is 14.3. The van der Waals surface area contributed by atoms with Gasteiger partial charge >= 0.3 is 0 Å². The third kappa shape index (κ3) is 5.26. The molecule has 142 valence electrons. The fourth-order valence-corrected chi connectivity index (χ4v) is 2.77. The summed E-state index contributed by atoms with van der Waals surface area (Å²) in [5, 5.41) is 2.86. The smallest absolute Gasteiger partial charge is 0.225 e. The van der Waals surface area contributed by atoms with Gasteiger partial charge in [-0.15, -0.1) is 12.4 Å². The van der Waals surface area contributed by atoms with Gasteiger partial charge in [-0.3, -0.25) is 4.79 Å². The number of hydrogen-bond donors (Lipinski definition) is 2. The minimum Gasteiger partial charge on any atom is -0.349 e. The van der Waals surface area contributed by atoms with Crippen LogP contribution in [0.3, 0.4) is 0 Å². The van der Waals surface area contributed by atoms with Crippen LogP contribution in [-0.2, 0) is 4.79 Å². The van der Waals surface area contributed by atoms with Crippen LogP contribution in [0.5, 0.6) is 0 Å². The average molecular weight is 383 g/mol. The highest BCUT2D eigenvalue weighted by Gasteiger charge is 2.27. The zero-order valence-corrected chi connectivity index (χ0v) is 15.9. The van der Waals surface area contributed by atoms with E-state index in [1.54, 1.807) is 6.92 Å². The molecule has 0 saturated carbocycles. The van der Waals surface area contributed by atoms with E-state index in [0.717, 1.165) is 11.6 Å². The molecule has 0 heterocycles. The van der Waals surface area contributed by atoms with Gasteiger partial charge in [0.05, 0.1) is 12.0 Å². The molecule has 0 spiro atoms. The molecule has 0 aliphatic heterocycles. The lowest BCUT2D eigenvalue weighted by atomic mass is 9.91. The number of halogens is 3. The molecule has 2 aromatic carbocycles. The summed E-state index contributed by atoms with van der Waals surface area (Å²) in [4.78, 5) is 12.6. The fraction of sp³-hybridized carbons (Fsp3) is 0.350. The van der Waals surface area contributed by atoms with Gasteiger partial charge in [-0.05, 0) is 17.5 Å². The topological polar surface area (TPSA) is 55.1 Å². The summed E-state index contributed by atoms with van der Waals surface area (Å²) in [7, 11) is 0. The molecule has 2 aromatic rings. The largest absolute Gasteiger partial charge is 0.349 e. The molecule has 26 heavy (non-hydrogen) atoms. The van der Waals surface area contributed by atoms with E-state index in [4.69, 9.17) is 5.73 Å². The Morgan fingerprint density at radius 3 is 2.19 bits per heavy atom. The zero-order chi connectivity index (χ0) is 18.6. The first-order valence-corrected chi connectivity index (χ1v) is 8.37. The first kappa shape index (κ1) is 22.1. The van der Waals surface area contributed by atoms with Crippen LogP contribution in [0.15, 0.2) is 48.5 Å². The Labute approximate surface area is 159 Å². The predicted molar refractivity (Wildman–Crippen MR) is 102 cm³/mol. The molecule has 3 unspecified atom stereocenters. The number of hydrogen-bond acceptors (Lipinski definition) is 2. The van der Waals surface area contributed by atoms with Gasteiger partial charge in [0, 0.05) is 17.7 Å². The van der Waals surface area contributed by atoms with Gasteiger partial charge in [0.15, 0.2) is 0 Å². The van der Waals surface area contributed by atoms with Crippen molar-refractivity contribution in [3.05, 3.63) is 71.3 Å². The van der Waals surface area contributed by atoms with Crippen LogP contribution >= 0.6 is 12.4 Å². The Kier molecular flexibility index (Phi) is 8.18. The number of amides is 1. The highest BCUT2D eigenvalue weighted by Crippen LogP contribution is 2.27. The van der Waals surface area contributed by atoms with Crippen molar-refractivity contribution in [1.29, 1.82) is 0 Å². The number of carbonyl (C=O) groups excluding carboxylic acids is 1. The lowest BCUT2D eigenvalue weighted by molar-refractivity contribution is -0.126. The number of nitrogens with two attached hydrogens (primary N) is 1. The van der Waals surface area contributed by atoms with E-state index in [-0.39, 0.29) is 29.8 Å². The molecule has 0 aliphatic carbocycles. The molecule has 6 heteroatoms. The van der Waals surface area contributed by atoms with Crippen molar-refractivity contribution in [3.8, 4) is 0 Å². The van der Waals surface area contributed by atoms with E-state index in [2.05, 4.69) is 5.32 Å². The molecular formula is C20H25ClF2N2O. The Bertz CT molecular complexity index is 725. The monoisotopic (exact) mass is 382 g/mol. The third-order valence-electron chi connectivity index (χ3n) is 4.40. The highest BCUT2D eigenvalue weighted by molar-refractivity contribution is 5.85. The number of benzene rings is 2. The minimum absolute atomic E-state index is 0. The van der Waals surface area contributed by atoms with Crippen molar-refractivity contribution in [1.82, 2.24) is 5.32 Å². The first-order valence-electron chi connectivity index (χ1n) is 8.37. The van der Waals surface area contributed by atoms with Crippen molar-refractivity contribution in [2.75, 3.05) is 0 Å². The molecule has 0 saturated heterocycles. The molecule has 0 bridgehead atoms. The van der Waals surface area contributed by atoms with Crippen molar-refractivity contribution in [2.24, 2.45) is 17.6 Å². The maximum Gasteiger partial charge on any atom is 0.225 e. The summed E-state index contributed by atoms with van der Waals surface area (Å²) >= 11 is 0. The number of nitrogens with one attached hydrogen (secondary N) is 1. The van der Waals surface area contributed by atoms with Crippen LogP contribution in [0.25, 0.3) is 0 Å². The van der Waals surface area contributed by atoms with E-state index in [1.165, 1.54) is 12.1 Å². The van der Waals surface area contributed by atoms with E-state index in [0.29, 0.717) is 0 Å². The molecule has 0 fully saturated rings. The predicted octanol–water partition coefficient (Wildman–Crippen LogP) is 4.54. The molecule has 0 aliphatic rings. The summed E-state index contributed by atoms with van der Waals surface area (Å²) < 4.78 is 27.3. The van der Waals surface area contributed by atoms with Crippen molar-refractivity contribution < 1.29 is 13.6 Å². The highest BCUT2D eigenvalue weighted by atomic mass is 35.5. The van der Waals surface area contributed by atoms with Crippen LogP contribution < -0.4 is 11.1 Å². The Morgan fingerprint density at radius 1 is 1.04 bits per heavy atom. The fourth-order valence-electron chi connectivity index (χ4n) is 2.77. The SMILES string of the molecule is CC(C)C(NC(=O)C(C)C(N)c1ccccc1)c1ccc(F)cc1F.Cl. The molecule has 3 atom stereocenters. The number of rotatable bonds is 6. The van der Waals surface area contributed by atoms with Crippen LogP contribution in [0.2, 0.25) is 0 Å². The molecule has 2 rings (SSSR count). The van der Waals surface area contributed by atoms with Gasteiger partial charge in [0.2, 0.25) is 5.91 Å². The van der Waals surface area contributed by atoms with E-state index in [9.17, 15) is 13.6 Å². The van der Waals surface area contributed by atoms with Gasteiger partial charge in [-0.1, -0.05) is 57.2 Å². The average Bonchev–Trinajstić information content (AvgIpc) is 2.59. The van der Waals surface area contributed by atoms with Crippen molar-refractivity contribution >= 4 is 18.3 Å². The number of carbonyl (C=O) groups is 1. The quantitative estimate of drug-likeness (QED) is 0.770. The second-order valence-electron chi connectivity index (χ2n) is 6.62. The standard InChI is InChI=1S/C20H24F2N2O.ClH/c1-12(2)19(16-10-9-15(21)11-17(16)22)24-20(25)13(3)18(23)14-7-5-4-6-8-14;/h4-13,18-19H,23H2,1-3H3,(H,24,25);1H. The maximum atomic E-state index is 14.1. The maximum absolute atomic E-state index is 14.1. The molecule has 3 nitrogen and oxygen atoms in total. The summed E-state index contributed by atoms with van der Waals surface area (Å²) in [6.07, 6.45) is 0. The van der Waals surface area contributed by atoms with E-state index < -0.39 is 29.6 Å². The molecule has 0 aromatic heterocycles. The summed E-state index contributed by atoms with van der Waals surface area (Å²) in [6, 6.07) is 11.7. The summed E-state index contributed by atoms with van der Waals surface area (Å²) in [5.74, 6) is -2.14. The molecular weight excluding hydrogens is 358 g/mol. The Morgan fingerprint density at radius 2 is 1.65 bits per heavy atom. The first-order chi connectivity index (χ1) is 11.8.